The average molecular weight is 141 g/mol. The lowest BCUT2D eigenvalue weighted by Crippen LogP contribution is -2.41. The number of nitrogens with one attached hydrogen (secondary N) is 1. The van der Waals surface area contributed by atoms with Crippen molar-refractivity contribution in [2.45, 2.75) is 31.7 Å². The van der Waals surface area contributed by atoms with E-state index in [1.807, 2.05) is 0 Å². The maximum Gasteiger partial charge on any atom is 0.0584 e. The fraction of sp³-hybridized carbons (Fsp3) is 1.00. The van der Waals surface area contributed by atoms with Gasteiger partial charge < -0.3 is 10.4 Å². The summed E-state index contributed by atoms with van der Waals surface area (Å²) in [6, 6.07) is 0.395. The Hall–Kier alpha value is -0.0800. The van der Waals surface area contributed by atoms with Gasteiger partial charge in [0, 0.05) is 12.6 Å². The maximum absolute atomic E-state index is 8.82. The topological polar surface area (TPSA) is 32.3 Å². The standard InChI is InChI=1S/C8H15NO/c10-5-7-1-2-8(3-4-8)6-9-7/h7,9-10H,1-6H2/t7-/m0/s1. The highest BCUT2D eigenvalue weighted by molar-refractivity contribution is 4.98. The van der Waals surface area contributed by atoms with Crippen LogP contribution >= 0.6 is 0 Å². The van der Waals surface area contributed by atoms with E-state index in [2.05, 4.69) is 5.32 Å². The molecule has 0 bridgehead atoms. The Morgan fingerprint density at radius 3 is 2.60 bits per heavy atom. The van der Waals surface area contributed by atoms with E-state index < -0.39 is 0 Å². The predicted molar refractivity (Wildman–Crippen MR) is 39.8 cm³/mol. The van der Waals surface area contributed by atoms with Crippen molar-refractivity contribution in [3.05, 3.63) is 0 Å². The second-order valence-electron chi connectivity index (χ2n) is 3.80. The lowest BCUT2D eigenvalue weighted by Gasteiger charge is -2.28. The molecule has 1 heterocycles. The van der Waals surface area contributed by atoms with Gasteiger partial charge in [0.25, 0.3) is 0 Å². The van der Waals surface area contributed by atoms with Crippen molar-refractivity contribution in [2.24, 2.45) is 5.41 Å². The third kappa shape index (κ3) is 1.06. The van der Waals surface area contributed by atoms with Crippen LogP contribution in [0, 0.1) is 5.41 Å². The summed E-state index contributed by atoms with van der Waals surface area (Å²) in [5, 5.41) is 12.2. The third-order valence-electron chi connectivity index (χ3n) is 2.97. The molecular formula is C8H15NO. The molecule has 1 aliphatic heterocycles. The van der Waals surface area contributed by atoms with Crippen LogP contribution in [0.3, 0.4) is 0 Å². The zero-order valence-corrected chi connectivity index (χ0v) is 6.27. The summed E-state index contributed by atoms with van der Waals surface area (Å²) in [6.45, 7) is 1.47. The van der Waals surface area contributed by atoms with Gasteiger partial charge in [-0.25, -0.2) is 0 Å². The van der Waals surface area contributed by atoms with Crippen molar-refractivity contribution < 1.29 is 5.11 Å². The van der Waals surface area contributed by atoms with Crippen LogP contribution in [0.2, 0.25) is 0 Å². The number of rotatable bonds is 1. The van der Waals surface area contributed by atoms with Crippen molar-refractivity contribution in [1.82, 2.24) is 5.32 Å². The molecule has 1 saturated carbocycles. The molecule has 1 aliphatic carbocycles. The van der Waals surface area contributed by atoms with E-state index in [9.17, 15) is 0 Å². The number of aliphatic hydroxyl groups excluding tert-OH is 1. The summed E-state index contributed by atoms with van der Waals surface area (Å²) < 4.78 is 0. The van der Waals surface area contributed by atoms with Crippen LogP contribution in [-0.4, -0.2) is 24.3 Å². The fourth-order valence-electron chi connectivity index (χ4n) is 1.79. The molecule has 0 amide bonds. The van der Waals surface area contributed by atoms with E-state index in [0.29, 0.717) is 18.1 Å². The van der Waals surface area contributed by atoms with Gasteiger partial charge in [0.2, 0.25) is 0 Å². The number of hydrogen-bond acceptors (Lipinski definition) is 2. The van der Waals surface area contributed by atoms with Crippen molar-refractivity contribution in [3.8, 4) is 0 Å². The largest absolute Gasteiger partial charge is 0.395 e. The van der Waals surface area contributed by atoms with Gasteiger partial charge in [-0.2, -0.15) is 0 Å². The zero-order valence-electron chi connectivity index (χ0n) is 6.27. The molecular weight excluding hydrogens is 126 g/mol. The lowest BCUT2D eigenvalue weighted by atomic mass is 9.92. The molecule has 0 radical (unpaired) electrons. The zero-order chi connectivity index (χ0) is 7.03. The Balaban J connectivity index is 1.84. The Morgan fingerprint density at radius 1 is 1.40 bits per heavy atom. The van der Waals surface area contributed by atoms with Crippen molar-refractivity contribution in [2.75, 3.05) is 13.2 Å². The molecule has 0 aromatic rings. The molecule has 1 spiro atoms. The molecule has 0 aromatic heterocycles. The summed E-state index contributed by atoms with van der Waals surface area (Å²) in [6.07, 6.45) is 5.35. The van der Waals surface area contributed by atoms with E-state index in [1.54, 1.807) is 0 Å². The molecule has 2 nitrogen and oxygen atoms in total. The number of hydrogen-bond donors (Lipinski definition) is 2. The Morgan fingerprint density at radius 2 is 2.20 bits per heavy atom. The van der Waals surface area contributed by atoms with Crippen LogP contribution in [-0.2, 0) is 0 Å². The summed E-state index contributed by atoms with van der Waals surface area (Å²) in [7, 11) is 0. The average Bonchev–Trinajstić information content (AvgIpc) is 2.72. The van der Waals surface area contributed by atoms with Crippen LogP contribution in [0.5, 0.6) is 0 Å². The normalized spacial score (nSPS) is 36.3. The predicted octanol–water partition coefficient (Wildman–Crippen LogP) is 0.511. The molecule has 2 N–H and O–H groups in total. The quantitative estimate of drug-likeness (QED) is 0.557. The minimum absolute atomic E-state index is 0.316. The lowest BCUT2D eigenvalue weighted by molar-refractivity contribution is 0.191. The van der Waals surface area contributed by atoms with Gasteiger partial charge in [0.15, 0.2) is 0 Å². The van der Waals surface area contributed by atoms with Crippen LogP contribution in [0.15, 0.2) is 0 Å². The van der Waals surface area contributed by atoms with Crippen LogP contribution in [0.25, 0.3) is 0 Å². The molecule has 1 saturated heterocycles. The fourth-order valence-corrected chi connectivity index (χ4v) is 1.79. The molecule has 0 aromatic carbocycles. The first-order chi connectivity index (χ1) is 4.85. The summed E-state index contributed by atoms with van der Waals surface area (Å²) >= 11 is 0. The summed E-state index contributed by atoms with van der Waals surface area (Å²) in [4.78, 5) is 0. The van der Waals surface area contributed by atoms with Gasteiger partial charge in [0.05, 0.1) is 6.61 Å². The van der Waals surface area contributed by atoms with Gasteiger partial charge in [-0.05, 0) is 31.1 Å². The monoisotopic (exact) mass is 141 g/mol. The van der Waals surface area contributed by atoms with Crippen molar-refractivity contribution in [1.29, 1.82) is 0 Å². The third-order valence-corrected chi connectivity index (χ3v) is 2.97. The van der Waals surface area contributed by atoms with Gasteiger partial charge in [0.1, 0.15) is 0 Å². The molecule has 2 aliphatic rings. The molecule has 10 heavy (non-hydrogen) atoms. The Bertz CT molecular complexity index is 121. The van der Waals surface area contributed by atoms with Crippen LogP contribution in [0.4, 0.5) is 0 Å². The first-order valence-electron chi connectivity index (χ1n) is 4.19. The highest BCUT2D eigenvalue weighted by Gasteiger charge is 2.44. The summed E-state index contributed by atoms with van der Waals surface area (Å²) in [5.74, 6) is 0. The first-order valence-corrected chi connectivity index (χ1v) is 4.19. The molecule has 0 unspecified atom stereocenters. The molecule has 1 atom stereocenters. The number of piperidine rings is 1. The second-order valence-corrected chi connectivity index (χ2v) is 3.80. The summed E-state index contributed by atoms with van der Waals surface area (Å²) in [5.41, 5.74) is 0.686. The van der Waals surface area contributed by atoms with E-state index in [0.717, 1.165) is 6.54 Å². The highest BCUT2D eigenvalue weighted by atomic mass is 16.3. The van der Waals surface area contributed by atoms with Gasteiger partial charge in [-0.1, -0.05) is 0 Å². The first kappa shape index (κ1) is 6.62. The smallest absolute Gasteiger partial charge is 0.0584 e. The van der Waals surface area contributed by atoms with E-state index in [-0.39, 0.29) is 0 Å². The van der Waals surface area contributed by atoms with E-state index >= 15 is 0 Å². The highest BCUT2D eigenvalue weighted by Crippen LogP contribution is 2.50. The maximum atomic E-state index is 8.82. The van der Waals surface area contributed by atoms with Crippen molar-refractivity contribution >= 4 is 0 Å². The van der Waals surface area contributed by atoms with Gasteiger partial charge in [-0.3, -0.25) is 0 Å². The van der Waals surface area contributed by atoms with Crippen LogP contribution < -0.4 is 5.32 Å². The number of aliphatic hydroxyl groups is 1. The van der Waals surface area contributed by atoms with Crippen molar-refractivity contribution in [3.63, 3.8) is 0 Å². The minimum atomic E-state index is 0.316. The minimum Gasteiger partial charge on any atom is -0.395 e. The van der Waals surface area contributed by atoms with Gasteiger partial charge >= 0.3 is 0 Å². The van der Waals surface area contributed by atoms with E-state index in [1.165, 1.54) is 25.7 Å². The van der Waals surface area contributed by atoms with Gasteiger partial charge in [-0.15, -0.1) is 0 Å². The second kappa shape index (κ2) is 2.21. The molecule has 2 rings (SSSR count). The van der Waals surface area contributed by atoms with Crippen LogP contribution in [0.1, 0.15) is 25.7 Å². The molecule has 2 heteroatoms. The SMILES string of the molecule is OC[C@@H]1CCC2(CC2)CN1. The molecule has 2 fully saturated rings. The Kier molecular flexibility index (Phi) is 1.46. The molecule has 58 valence electrons. The Labute approximate surface area is 61.6 Å². The van der Waals surface area contributed by atoms with E-state index in [4.69, 9.17) is 5.11 Å².